The van der Waals surface area contributed by atoms with E-state index in [0.29, 0.717) is 11.6 Å². The number of nitro benzene ring substituents is 1. The van der Waals surface area contributed by atoms with Gasteiger partial charge in [0, 0.05) is 35.7 Å². The van der Waals surface area contributed by atoms with Crippen molar-refractivity contribution in [3.8, 4) is 0 Å². The first-order chi connectivity index (χ1) is 9.49. The van der Waals surface area contributed by atoms with Crippen LogP contribution < -0.4 is 5.32 Å². The third-order valence-corrected chi connectivity index (χ3v) is 4.01. The van der Waals surface area contributed by atoms with Gasteiger partial charge in [0.15, 0.2) is 5.78 Å². The predicted octanol–water partition coefficient (Wildman–Crippen LogP) is 2.94. The Morgan fingerprint density at radius 3 is 2.85 bits per heavy atom. The van der Waals surface area contributed by atoms with E-state index >= 15 is 0 Å². The fraction of sp³-hybridized carbons (Fsp3) is 0.533. The molecule has 1 saturated heterocycles. The highest BCUT2D eigenvalue weighted by Crippen LogP contribution is 2.23. The van der Waals surface area contributed by atoms with Crippen molar-refractivity contribution in [2.24, 2.45) is 5.92 Å². The van der Waals surface area contributed by atoms with Crippen molar-refractivity contribution in [3.05, 3.63) is 39.9 Å². The summed E-state index contributed by atoms with van der Waals surface area (Å²) in [5.74, 6) is -0.194. The zero-order chi connectivity index (χ0) is 14.7. The van der Waals surface area contributed by atoms with Crippen molar-refractivity contribution in [1.82, 2.24) is 5.32 Å². The number of hydrogen-bond acceptors (Lipinski definition) is 4. The van der Waals surface area contributed by atoms with Crippen LogP contribution in [0.15, 0.2) is 24.3 Å². The van der Waals surface area contributed by atoms with Crippen molar-refractivity contribution < 1.29 is 9.72 Å². The number of rotatable bonds is 4. The fourth-order valence-corrected chi connectivity index (χ4v) is 2.79. The minimum Gasteiger partial charge on any atom is -0.311 e. The summed E-state index contributed by atoms with van der Waals surface area (Å²) in [5.41, 5.74) is 0.389. The summed E-state index contributed by atoms with van der Waals surface area (Å²) >= 11 is 0. The lowest BCUT2D eigenvalue weighted by molar-refractivity contribution is -0.384. The first-order valence-electron chi connectivity index (χ1n) is 7.03. The lowest BCUT2D eigenvalue weighted by atomic mass is 9.86. The van der Waals surface area contributed by atoms with Gasteiger partial charge in [-0.2, -0.15) is 0 Å². The molecule has 0 aromatic heterocycles. The Hall–Kier alpha value is -1.75. The molecule has 1 aliphatic rings. The van der Waals surface area contributed by atoms with Crippen molar-refractivity contribution in [3.63, 3.8) is 0 Å². The topological polar surface area (TPSA) is 72.2 Å². The second-order valence-corrected chi connectivity index (χ2v) is 5.57. The number of Topliss-reactive ketones (excluding diaryl/α,β-unsaturated/α-hetero) is 1. The quantitative estimate of drug-likeness (QED) is 0.521. The molecular weight excluding hydrogens is 256 g/mol. The van der Waals surface area contributed by atoms with Gasteiger partial charge >= 0.3 is 0 Å². The maximum absolute atomic E-state index is 12.5. The molecule has 0 bridgehead atoms. The number of benzene rings is 1. The molecule has 108 valence electrons. The molecule has 3 atom stereocenters. The van der Waals surface area contributed by atoms with Gasteiger partial charge < -0.3 is 5.32 Å². The Labute approximate surface area is 118 Å². The largest absolute Gasteiger partial charge is 0.311 e. The third kappa shape index (κ3) is 3.22. The molecule has 3 unspecified atom stereocenters. The lowest BCUT2D eigenvalue weighted by Crippen LogP contribution is -2.46. The number of nitrogens with zero attached hydrogens (tertiary/aromatic N) is 1. The number of nitro groups is 1. The molecule has 5 heteroatoms. The van der Waals surface area contributed by atoms with Crippen LogP contribution >= 0.6 is 0 Å². The van der Waals surface area contributed by atoms with Gasteiger partial charge in [-0.3, -0.25) is 14.9 Å². The molecular formula is C15H20N2O3. The number of ketones is 1. The Kier molecular flexibility index (Phi) is 4.49. The molecule has 2 rings (SSSR count). The fourth-order valence-electron chi connectivity index (χ4n) is 2.79. The van der Waals surface area contributed by atoms with E-state index in [1.54, 1.807) is 12.1 Å². The molecule has 20 heavy (non-hydrogen) atoms. The standard InChI is InChI=1S/C15H20N2O3/c1-10-5-3-8-14(16-10)11(2)15(18)12-6-4-7-13(9-12)17(19)20/h4,6-7,9-11,14,16H,3,5,8H2,1-2H3. The molecule has 1 aromatic rings. The van der Waals surface area contributed by atoms with Crippen LogP contribution in [0.2, 0.25) is 0 Å². The van der Waals surface area contributed by atoms with Crippen molar-refractivity contribution in [2.75, 3.05) is 0 Å². The van der Waals surface area contributed by atoms with Crippen LogP contribution in [0.25, 0.3) is 0 Å². The molecule has 1 N–H and O–H groups in total. The second-order valence-electron chi connectivity index (χ2n) is 5.57. The first kappa shape index (κ1) is 14.7. The first-order valence-corrected chi connectivity index (χ1v) is 7.03. The molecule has 1 fully saturated rings. The summed E-state index contributed by atoms with van der Waals surface area (Å²) in [5, 5.41) is 14.2. The van der Waals surface area contributed by atoms with Crippen LogP contribution in [0.4, 0.5) is 5.69 Å². The highest BCUT2D eigenvalue weighted by Gasteiger charge is 2.28. The van der Waals surface area contributed by atoms with Crippen molar-refractivity contribution >= 4 is 11.5 Å². The summed E-state index contributed by atoms with van der Waals surface area (Å²) in [6.45, 7) is 4.02. The molecule has 1 heterocycles. The maximum atomic E-state index is 12.5. The van der Waals surface area contributed by atoms with E-state index in [0.717, 1.165) is 19.3 Å². The second kappa shape index (κ2) is 6.13. The van der Waals surface area contributed by atoms with E-state index < -0.39 is 4.92 Å². The molecule has 5 nitrogen and oxygen atoms in total. The molecule has 0 saturated carbocycles. The molecule has 1 aliphatic heterocycles. The van der Waals surface area contributed by atoms with Crippen molar-refractivity contribution in [2.45, 2.75) is 45.2 Å². The van der Waals surface area contributed by atoms with Crippen LogP contribution in [-0.4, -0.2) is 22.8 Å². The van der Waals surface area contributed by atoms with E-state index in [1.807, 2.05) is 6.92 Å². The Morgan fingerprint density at radius 2 is 2.20 bits per heavy atom. The average Bonchev–Trinajstić information content (AvgIpc) is 2.45. The summed E-state index contributed by atoms with van der Waals surface area (Å²) < 4.78 is 0. The Balaban J connectivity index is 2.13. The van der Waals surface area contributed by atoms with E-state index in [1.165, 1.54) is 12.1 Å². The van der Waals surface area contributed by atoms with E-state index in [4.69, 9.17) is 0 Å². The monoisotopic (exact) mass is 276 g/mol. The van der Waals surface area contributed by atoms with E-state index in [-0.39, 0.29) is 23.4 Å². The van der Waals surface area contributed by atoms with Gasteiger partial charge in [-0.05, 0) is 19.8 Å². The maximum Gasteiger partial charge on any atom is 0.270 e. The zero-order valence-electron chi connectivity index (χ0n) is 11.8. The zero-order valence-corrected chi connectivity index (χ0v) is 11.8. The summed E-state index contributed by atoms with van der Waals surface area (Å²) in [7, 11) is 0. The molecule has 0 spiro atoms. The summed E-state index contributed by atoms with van der Waals surface area (Å²) in [6.07, 6.45) is 3.23. The minimum atomic E-state index is -0.470. The predicted molar refractivity (Wildman–Crippen MR) is 76.8 cm³/mol. The van der Waals surface area contributed by atoms with Crippen LogP contribution in [-0.2, 0) is 0 Å². The Morgan fingerprint density at radius 1 is 1.45 bits per heavy atom. The van der Waals surface area contributed by atoms with Gasteiger partial charge in [0.25, 0.3) is 5.69 Å². The van der Waals surface area contributed by atoms with Crippen LogP contribution in [0.5, 0.6) is 0 Å². The number of carbonyl (C=O) groups is 1. The summed E-state index contributed by atoms with van der Waals surface area (Å²) in [4.78, 5) is 22.8. The molecule has 0 aliphatic carbocycles. The smallest absolute Gasteiger partial charge is 0.270 e. The summed E-state index contributed by atoms with van der Waals surface area (Å²) in [6, 6.07) is 6.57. The highest BCUT2D eigenvalue weighted by molar-refractivity contribution is 5.98. The highest BCUT2D eigenvalue weighted by atomic mass is 16.6. The normalized spacial score (nSPS) is 24.1. The molecule has 0 amide bonds. The van der Waals surface area contributed by atoms with Gasteiger partial charge in [-0.25, -0.2) is 0 Å². The average molecular weight is 276 g/mol. The van der Waals surface area contributed by atoms with Crippen LogP contribution in [0.3, 0.4) is 0 Å². The number of nitrogens with one attached hydrogen (secondary N) is 1. The number of carbonyl (C=O) groups excluding carboxylic acids is 1. The third-order valence-electron chi connectivity index (χ3n) is 4.01. The number of non-ortho nitro benzene ring substituents is 1. The molecule has 0 radical (unpaired) electrons. The molecule has 1 aromatic carbocycles. The van der Waals surface area contributed by atoms with Crippen molar-refractivity contribution in [1.29, 1.82) is 0 Å². The van der Waals surface area contributed by atoms with Crippen LogP contribution in [0, 0.1) is 16.0 Å². The number of hydrogen-bond donors (Lipinski definition) is 1. The van der Waals surface area contributed by atoms with Gasteiger partial charge in [0.05, 0.1) is 4.92 Å². The SMILES string of the molecule is CC1CCCC(C(C)C(=O)c2cccc([N+](=O)[O-])c2)N1. The van der Waals surface area contributed by atoms with Gasteiger partial charge in [0.1, 0.15) is 0 Å². The van der Waals surface area contributed by atoms with Gasteiger partial charge in [-0.1, -0.05) is 25.5 Å². The Bertz CT molecular complexity index is 516. The van der Waals surface area contributed by atoms with E-state index in [2.05, 4.69) is 12.2 Å². The van der Waals surface area contributed by atoms with E-state index in [9.17, 15) is 14.9 Å². The number of piperidine rings is 1. The van der Waals surface area contributed by atoms with Gasteiger partial charge in [-0.15, -0.1) is 0 Å². The lowest BCUT2D eigenvalue weighted by Gasteiger charge is -2.32. The van der Waals surface area contributed by atoms with Crippen LogP contribution in [0.1, 0.15) is 43.5 Å². The van der Waals surface area contributed by atoms with Gasteiger partial charge in [0.2, 0.25) is 0 Å². The minimum absolute atomic E-state index is 0.0275.